The number of pyridine rings is 1. The molecule has 0 spiro atoms. The van der Waals surface area contributed by atoms with Crippen molar-refractivity contribution in [2.75, 3.05) is 0 Å². The van der Waals surface area contributed by atoms with Gasteiger partial charge in [0.25, 0.3) is 0 Å². The van der Waals surface area contributed by atoms with E-state index in [2.05, 4.69) is 4.98 Å². The molecule has 13 heavy (non-hydrogen) atoms. The highest BCUT2D eigenvalue weighted by Gasteiger charge is 2.06. The zero-order chi connectivity index (χ0) is 9.68. The molecule has 1 unspecified atom stereocenters. The summed E-state index contributed by atoms with van der Waals surface area (Å²) in [6, 6.07) is 3.42. The van der Waals surface area contributed by atoms with Crippen LogP contribution in [-0.2, 0) is 11.7 Å². The topological polar surface area (TPSA) is 53.0 Å². The summed E-state index contributed by atoms with van der Waals surface area (Å²) in [5, 5.41) is 20.1. The van der Waals surface area contributed by atoms with Crippen molar-refractivity contribution in [2.45, 2.75) is 32.5 Å². The number of hydrogen-bond donors (Lipinski definition) is 1. The molecule has 1 rings (SSSR count). The first kappa shape index (κ1) is 10.2. The number of aromatic nitrogens is 1. The molecule has 0 aliphatic carbocycles. The summed E-state index contributed by atoms with van der Waals surface area (Å²) in [6.07, 6.45) is 2.76. The van der Waals surface area contributed by atoms with E-state index >= 15 is 0 Å². The van der Waals surface area contributed by atoms with E-state index < -0.39 is 6.10 Å². The van der Waals surface area contributed by atoms with Crippen LogP contribution in [0, 0.1) is 0 Å². The molecular formula is C10H14NO2. The first-order valence-corrected chi connectivity index (χ1v) is 4.49. The lowest BCUT2D eigenvalue weighted by Crippen LogP contribution is -1.98. The van der Waals surface area contributed by atoms with E-state index in [1.165, 1.54) is 0 Å². The third-order valence-electron chi connectivity index (χ3n) is 1.94. The lowest BCUT2D eigenvalue weighted by atomic mass is 10.1. The molecule has 0 aliphatic heterocycles. The van der Waals surface area contributed by atoms with E-state index in [1.54, 1.807) is 18.3 Å². The largest absolute Gasteiger partial charge is 0.388 e. The summed E-state index contributed by atoms with van der Waals surface area (Å²) < 4.78 is 0. The Morgan fingerprint density at radius 1 is 1.62 bits per heavy atom. The highest BCUT2D eigenvalue weighted by atomic mass is 16.3. The Kier molecular flexibility index (Phi) is 3.86. The molecule has 0 amide bonds. The average Bonchev–Trinajstić information content (AvgIpc) is 2.18. The van der Waals surface area contributed by atoms with Gasteiger partial charge in [0.2, 0.25) is 0 Å². The van der Waals surface area contributed by atoms with E-state index in [0.717, 1.165) is 18.4 Å². The maximum absolute atomic E-state index is 10.5. The Morgan fingerprint density at radius 2 is 2.38 bits per heavy atom. The van der Waals surface area contributed by atoms with Crippen molar-refractivity contribution in [3.05, 3.63) is 29.6 Å². The van der Waals surface area contributed by atoms with Gasteiger partial charge >= 0.3 is 0 Å². The Morgan fingerprint density at radius 3 is 3.00 bits per heavy atom. The summed E-state index contributed by atoms with van der Waals surface area (Å²) in [5.74, 6) is 0. The van der Waals surface area contributed by atoms with Gasteiger partial charge in [0.1, 0.15) is 6.61 Å². The molecule has 1 radical (unpaired) electrons. The van der Waals surface area contributed by atoms with Crippen molar-refractivity contribution in [3.8, 4) is 0 Å². The number of rotatable bonds is 4. The number of hydrogen-bond acceptors (Lipinski definition) is 2. The summed E-state index contributed by atoms with van der Waals surface area (Å²) in [6.45, 7) is 1.69. The number of nitrogens with zero attached hydrogens (tertiary/aromatic N) is 1. The van der Waals surface area contributed by atoms with Gasteiger partial charge in [-0.25, -0.2) is 5.11 Å². The summed E-state index contributed by atoms with van der Waals surface area (Å²) in [7, 11) is 0. The van der Waals surface area contributed by atoms with Gasteiger partial charge in [-0.1, -0.05) is 13.3 Å². The van der Waals surface area contributed by atoms with Crippen molar-refractivity contribution in [2.24, 2.45) is 0 Å². The number of aliphatic hydroxyl groups excluding tert-OH is 1. The van der Waals surface area contributed by atoms with Crippen LogP contribution >= 0.6 is 0 Å². The monoisotopic (exact) mass is 180 g/mol. The predicted molar refractivity (Wildman–Crippen MR) is 48.5 cm³/mol. The van der Waals surface area contributed by atoms with Crippen molar-refractivity contribution < 1.29 is 10.2 Å². The van der Waals surface area contributed by atoms with Gasteiger partial charge in [0.05, 0.1) is 11.8 Å². The second-order valence-electron chi connectivity index (χ2n) is 3.03. The minimum atomic E-state index is -0.460. The molecule has 0 aromatic carbocycles. The summed E-state index contributed by atoms with van der Waals surface area (Å²) in [4.78, 5) is 3.88. The van der Waals surface area contributed by atoms with Crippen molar-refractivity contribution >= 4 is 0 Å². The summed E-state index contributed by atoms with van der Waals surface area (Å²) >= 11 is 0. The Bertz CT molecular complexity index is 263. The fourth-order valence-electron chi connectivity index (χ4n) is 1.22. The lowest BCUT2D eigenvalue weighted by molar-refractivity contribution is 0.162. The normalized spacial score (nSPS) is 12.8. The van der Waals surface area contributed by atoms with Crippen LogP contribution in [0.15, 0.2) is 18.3 Å². The molecule has 0 aliphatic rings. The van der Waals surface area contributed by atoms with Crippen molar-refractivity contribution in [1.29, 1.82) is 0 Å². The fraction of sp³-hybridized carbons (Fsp3) is 0.500. The molecule has 71 valence electrons. The molecule has 0 saturated carbocycles. The van der Waals surface area contributed by atoms with Gasteiger partial charge in [0, 0.05) is 6.20 Å². The zero-order valence-electron chi connectivity index (χ0n) is 7.73. The van der Waals surface area contributed by atoms with E-state index in [-0.39, 0.29) is 6.61 Å². The van der Waals surface area contributed by atoms with Gasteiger partial charge in [0.15, 0.2) is 0 Å². The van der Waals surface area contributed by atoms with E-state index in [0.29, 0.717) is 5.69 Å². The minimum absolute atomic E-state index is 0.327. The Hall–Kier alpha value is -0.930. The standard InChI is InChI=1S/C10H14NO2/c1-2-3-10(13)8-4-5-11-9(6-8)7-12/h4-6,10,13H,2-3,7H2,1H3. The lowest BCUT2D eigenvalue weighted by Gasteiger charge is -2.09. The van der Waals surface area contributed by atoms with Crippen LogP contribution in [0.25, 0.3) is 0 Å². The summed E-state index contributed by atoms with van der Waals surface area (Å²) in [5.41, 5.74) is 1.29. The molecule has 1 aromatic rings. The highest BCUT2D eigenvalue weighted by molar-refractivity contribution is 5.18. The minimum Gasteiger partial charge on any atom is -0.388 e. The van der Waals surface area contributed by atoms with Crippen LogP contribution in [0.4, 0.5) is 0 Å². The van der Waals surface area contributed by atoms with E-state index in [9.17, 15) is 10.2 Å². The maximum atomic E-state index is 10.5. The Labute approximate surface area is 78.1 Å². The maximum Gasteiger partial charge on any atom is 0.124 e. The molecule has 3 nitrogen and oxygen atoms in total. The average molecular weight is 180 g/mol. The molecule has 0 saturated heterocycles. The van der Waals surface area contributed by atoms with Crippen LogP contribution in [0.1, 0.15) is 37.1 Å². The third kappa shape index (κ3) is 2.79. The van der Waals surface area contributed by atoms with E-state index in [1.807, 2.05) is 6.92 Å². The second kappa shape index (κ2) is 4.94. The van der Waals surface area contributed by atoms with Gasteiger partial charge in [-0.15, -0.1) is 0 Å². The van der Waals surface area contributed by atoms with Crippen molar-refractivity contribution in [3.63, 3.8) is 0 Å². The van der Waals surface area contributed by atoms with E-state index in [4.69, 9.17) is 0 Å². The molecule has 0 bridgehead atoms. The predicted octanol–water partition coefficient (Wildman–Crippen LogP) is 1.85. The highest BCUT2D eigenvalue weighted by Crippen LogP contribution is 2.17. The zero-order valence-corrected chi connectivity index (χ0v) is 7.73. The quantitative estimate of drug-likeness (QED) is 0.768. The fourth-order valence-corrected chi connectivity index (χ4v) is 1.22. The first-order valence-electron chi connectivity index (χ1n) is 4.49. The molecule has 1 atom stereocenters. The first-order chi connectivity index (χ1) is 6.27. The molecule has 0 fully saturated rings. The van der Waals surface area contributed by atoms with Crippen LogP contribution in [0.5, 0.6) is 0 Å². The van der Waals surface area contributed by atoms with Gasteiger partial charge < -0.3 is 5.11 Å². The van der Waals surface area contributed by atoms with Gasteiger partial charge in [-0.2, -0.15) is 0 Å². The SMILES string of the molecule is CCCC(O)c1ccnc(C[O])c1. The molecule has 3 heteroatoms. The van der Waals surface area contributed by atoms with Crippen LogP contribution < -0.4 is 0 Å². The smallest absolute Gasteiger partial charge is 0.124 e. The van der Waals surface area contributed by atoms with Crippen LogP contribution in [0.3, 0.4) is 0 Å². The van der Waals surface area contributed by atoms with Crippen LogP contribution in [-0.4, -0.2) is 10.1 Å². The Balaban J connectivity index is 2.75. The third-order valence-corrected chi connectivity index (χ3v) is 1.94. The molecule has 1 heterocycles. The number of aliphatic hydroxyl groups is 1. The second-order valence-corrected chi connectivity index (χ2v) is 3.03. The van der Waals surface area contributed by atoms with Crippen molar-refractivity contribution in [1.82, 2.24) is 4.98 Å². The van der Waals surface area contributed by atoms with Gasteiger partial charge in [-0.3, -0.25) is 4.98 Å². The molecule has 1 aromatic heterocycles. The van der Waals surface area contributed by atoms with Crippen LogP contribution in [0.2, 0.25) is 0 Å². The molecule has 1 N–H and O–H groups in total. The van der Waals surface area contributed by atoms with Gasteiger partial charge in [-0.05, 0) is 24.1 Å². The molecular weight excluding hydrogens is 166 g/mol.